The summed E-state index contributed by atoms with van der Waals surface area (Å²) in [6.45, 7) is 0. The summed E-state index contributed by atoms with van der Waals surface area (Å²) < 4.78 is 1.79. The second-order valence-corrected chi connectivity index (χ2v) is 1.77. The molecule has 0 unspecified atom stereocenters. The zero-order valence-corrected chi connectivity index (χ0v) is 5.11. The Kier molecular flexibility index (Phi) is 1.60. The Bertz CT molecular complexity index is 206. The number of imidazole rings is 1. The lowest BCUT2D eigenvalue weighted by Crippen LogP contribution is -2.76. The first-order valence-corrected chi connectivity index (χ1v) is 2.59. The van der Waals surface area contributed by atoms with Crippen LogP contribution in [-0.4, -0.2) is 16.0 Å². The highest BCUT2D eigenvalue weighted by molar-refractivity contribution is 5.36. The number of aromatic nitrogens is 2. The molecule has 0 aromatic carbocycles. The number of hydrogen-bond donors (Lipinski definition) is 1. The highest BCUT2D eigenvalue weighted by Crippen LogP contribution is 1.89. The number of nitrogens with zero attached hydrogens (tertiary/aromatic N) is 2. The summed E-state index contributed by atoms with van der Waals surface area (Å²) in [5.41, 5.74) is 0. The number of hydrogen-bond acceptors (Lipinski definition) is 2. The lowest BCUT2D eigenvalue weighted by molar-refractivity contribution is -0.470. The summed E-state index contributed by atoms with van der Waals surface area (Å²) in [7, 11) is 1.86. The van der Waals surface area contributed by atoms with E-state index in [9.17, 15) is 4.79 Å². The minimum absolute atomic E-state index is 0.701. The first-order valence-electron chi connectivity index (χ1n) is 2.59. The maximum absolute atomic E-state index is 9.88. The summed E-state index contributed by atoms with van der Waals surface area (Å²) in [4.78, 5) is 13.8. The summed E-state index contributed by atoms with van der Waals surface area (Å²) in [6, 6.07) is 0. The number of nitrogens with two attached hydrogens (primary N) is 1. The molecular formula is C5H8N3O+. The van der Waals surface area contributed by atoms with E-state index in [1.807, 2.05) is 7.05 Å². The normalized spacial score (nSPS) is 9.44. The van der Waals surface area contributed by atoms with Crippen molar-refractivity contribution >= 4 is 12.2 Å². The fourth-order valence-electron chi connectivity index (χ4n) is 0.589. The average molecular weight is 126 g/mol. The first kappa shape index (κ1) is 5.97. The van der Waals surface area contributed by atoms with Gasteiger partial charge in [0, 0.05) is 7.05 Å². The minimum Gasteiger partial charge on any atom is -0.335 e. The molecule has 0 fully saturated rings. The summed E-state index contributed by atoms with van der Waals surface area (Å²) in [6.07, 6.45) is 4.14. The Labute approximate surface area is 52.5 Å². The minimum atomic E-state index is 0.701. The van der Waals surface area contributed by atoms with Crippen molar-refractivity contribution in [3.63, 3.8) is 0 Å². The molecule has 4 nitrogen and oxygen atoms in total. The molecule has 48 valence electrons. The molecule has 2 N–H and O–H groups in total. The van der Waals surface area contributed by atoms with E-state index >= 15 is 0 Å². The van der Waals surface area contributed by atoms with Crippen LogP contribution in [0.2, 0.25) is 0 Å². The smallest absolute Gasteiger partial charge is 0.304 e. The van der Waals surface area contributed by atoms with Gasteiger partial charge in [-0.2, -0.15) is 4.98 Å². The van der Waals surface area contributed by atoms with Crippen molar-refractivity contribution in [3.8, 4) is 0 Å². The number of aryl methyl sites for hydroxylation is 1. The largest absolute Gasteiger partial charge is 0.335 e. The molecular weight excluding hydrogens is 118 g/mol. The maximum atomic E-state index is 9.88. The van der Waals surface area contributed by atoms with Gasteiger partial charge in [-0.25, -0.2) is 10.1 Å². The van der Waals surface area contributed by atoms with E-state index in [2.05, 4.69) is 4.98 Å². The molecule has 0 aliphatic carbocycles. The van der Waals surface area contributed by atoms with Crippen molar-refractivity contribution < 1.29 is 10.1 Å². The molecule has 0 aliphatic heterocycles. The second-order valence-electron chi connectivity index (χ2n) is 1.77. The van der Waals surface area contributed by atoms with Gasteiger partial charge in [0.2, 0.25) is 5.82 Å². The summed E-state index contributed by atoms with van der Waals surface area (Å²) in [5.74, 6) is 0.701. The van der Waals surface area contributed by atoms with Crippen LogP contribution >= 0.6 is 0 Å². The van der Waals surface area contributed by atoms with Crippen LogP contribution in [0.4, 0.5) is 5.82 Å². The Morgan fingerprint density at radius 1 is 1.89 bits per heavy atom. The van der Waals surface area contributed by atoms with Gasteiger partial charge in [0.15, 0.2) is 0 Å². The van der Waals surface area contributed by atoms with Crippen LogP contribution in [-0.2, 0) is 11.8 Å². The van der Waals surface area contributed by atoms with Crippen molar-refractivity contribution in [1.82, 2.24) is 9.55 Å². The van der Waals surface area contributed by atoms with Crippen molar-refractivity contribution in [3.05, 3.63) is 12.5 Å². The maximum Gasteiger partial charge on any atom is 0.304 e. The third-order valence-corrected chi connectivity index (χ3v) is 0.964. The molecule has 1 rings (SSSR count). The van der Waals surface area contributed by atoms with Crippen LogP contribution < -0.4 is 5.32 Å². The highest BCUT2D eigenvalue weighted by Gasteiger charge is 1.95. The Balaban J connectivity index is 2.72. The fraction of sp³-hybridized carbons (Fsp3) is 0.200. The molecule has 0 atom stereocenters. The Morgan fingerprint density at radius 2 is 2.67 bits per heavy atom. The number of quaternary nitrogens is 1. The van der Waals surface area contributed by atoms with Crippen LogP contribution in [0, 0.1) is 0 Å². The van der Waals surface area contributed by atoms with E-state index in [1.165, 1.54) is 5.32 Å². The quantitative estimate of drug-likeness (QED) is 0.504. The van der Waals surface area contributed by atoms with Gasteiger partial charge in [0.25, 0.3) is 0 Å². The van der Waals surface area contributed by atoms with Crippen LogP contribution in [0.15, 0.2) is 12.5 Å². The topological polar surface area (TPSA) is 51.5 Å². The Hall–Kier alpha value is -1.16. The second kappa shape index (κ2) is 2.41. The van der Waals surface area contributed by atoms with Crippen molar-refractivity contribution in [1.29, 1.82) is 0 Å². The first-order chi connectivity index (χ1) is 4.33. The number of carbonyl (C=O) groups excluding carboxylic acids is 1. The predicted octanol–water partition coefficient (Wildman–Crippen LogP) is -1.23. The zero-order valence-electron chi connectivity index (χ0n) is 5.11. The molecule has 1 aromatic heterocycles. The standard InChI is InChI=1S/C5H7N3O/c1-8-2-5(6-3-8)7-4-9/h2-4H,1H3,(H,7,9)/p+1. The number of carbonyl (C=O) groups is 1. The molecule has 0 aliphatic rings. The molecule has 1 heterocycles. The Morgan fingerprint density at radius 3 is 3.11 bits per heavy atom. The molecule has 4 heteroatoms. The summed E-state index contributed by atoms with van der Waals surface area (Å²) in [5, 5.41) is 1.42. The van der Waals surface area contributed by atoms with Crippen LogP contribution in [0.1, 0.15) is 0 Å². The predicted molar refractivity (Wildman–Crippen MR) is 30.9 cm³/mol. The van der Waals surface area contributed by atoms with Crippen molar-refractivity contribution in [2.45, 2.75) is 0 Å². The van der Waals surface area contributed by atoms with Crippen LogP contribution in [0.5, 0.6) is 0 Å². The van der Waals surface area contributed by atoms with E-state index in [0.29, 0.717) is 5.82 Å². The number of primary amides is 1. The lowest BCUT2D eigenvalue weighted by Gasteiger charge is -1.79. The number of amides is 1. The third-order valence-electron chi connectivity index (χ3n) is 0.964. The van der Waals surface area contributed by atoms with Gasteiger partial charge in [-0.15, -0.1) is 0 Å². The van der Waals surface area contributed by atoms with Gasteiger partial charge < -0.3 is 4.57 Å². The van der Waals surface area contributed by atoms with Gasteiger partial charge in [-0.1, -0.05) is 0 Å². The highest BCUT2D eigenvalue weighted by atomic mass is 16.1. The van der Waals surface area contributed by atoms with Crippen LogP contribution in [0.3, 0.4) is 0 Å². The molecule has 0 spiro atoms. The fourth-order valence-corrected chi connectivity index (χ4v) is 0.589. The van der Waals surface area contributed by atoms with E-state index in [-0.39, 0.29) is 0 Å². The van der Waals surface area contributed by atoms with E-state index in [0.717, 1.165) is 6.41 Å². The summed E-state index contributed by atoms with van der Waals surface area (Å²) >= 11 is 0. The van der Waals surface area contributed by atoms with Crippen LogP contribution in [0.25, 0.3) is 0 Å². The molecule has 1 amide bonds. The molecule has 1 aromatic rings. The molecule has 0 bridgehead atoms. The number of rotatable bonds is 2. The molecule has 0 saturated heterocycles. The zero-order chi connectivity index (χ0) is 6.69. The van der Waals surface area contributed by atoms with Gasteiger partial charge >= 0.3 is 6.41 Å². The monoisotopic (exact) mass is 126 g/mol. The van der Waals surface area contributed by atoms with Crippen molar-refractivity contribution in [2.24, 2.45) is 7.05 Å². The van der Waals surface area contributed by atoms with E-state index in [4.69, 9.17) is 0 Å². The van der Waals surface area contributed by atoms with E-state index < -0.39 is 0 Å². The van der Waals surface area contributed by atoms with Gasteiger partial charge in [0.05, 0.1) is 6.20 Å². The van der Waals surface area contributed by atoms with E-state index in [1.54, 1.807) is 17.1 Å². The van der Waals surface area contributed by atoms with Gasteiger partial charge in [-0.05, 0) is 0 Å². The van der Waals surface area contributed by atoms with Gasteiger partial charge in [-0.3, -0.25) is 0 Å². The third kappa shape index (κ3) is 1.36. The van der Waals surface area contributed by atoms with Crippen molar-refractivity contribution in [2.75, 3.05) is 0 Å². The SMILES string of the molecule is Cn1cnc([NH2+]C=O)c1. The van der Waals surface area contributed by atoms with Gasteiger partial charge in [0.1, 0.15) is 6.33 Å². The molecule has 0 radical (unpaired) electrons. The lowest BCUT2D eigenvalue weighted by atomic mass is 10.7. The average Bonchev–Trinajstić information content (AvgIpc) is 2.17. The molecule has 0 saturated carbocycles. The molecule has 9 heavy (non-hydrogen) atoms.